The molecule has 3 nitrogen and oxygen atoms in total. The molecule has 0 aliphatic heterocycles. The van der Waals surface area contributed by atoms with Gasteiger partial charge in [0.25, 0.3) is 0 Å². The summed E-state index contributed by atoms with van der Waals surface area (Å²) >= 11 is 1.05. The van der Waals surface area contributed by atoms with Gasteiger partial charge in [0.1, 0.15) is 0 Å². The largest absolute Gasteiger partial charge is 0.478 e. The lowest BCUT2D eigenvalue weighted by atomic mass is 10.0. The van der Waals surface area contributed by atoms with Crippen LogP contribution in [0.25, 0.3) is 10.8 Å². The molecule has 1 N–H and O–H groups in total. The van der Waals surface area contributed by atoms with Crippen molar-refractivity contribution in [2.75, 3.05) is 0 Å². The van der Waals surface area contributed by atoms with Gasteiger partial charge in [-0.15, -0.1) is 0 Å². The van der Waals surface area contributed by atoms with Crippen LogP contribution in [0.2, 0.25) is 0 Å². The number of carbonyl (C=O) groups excluding carboxylic acids is 1. The molecule has 80 valence electrons. The summed E-state index contributed by atoms with van der Waals surface area (Å²) < 4.78 is 0. The maximum atomic E-state index is 11.0. The summed E-state index contributed by atoms with van der Waals surface area (Å²) in [7, 11) is 0. The van der Waals surface area contributed by atoms with Gasteiger partial charge < -0.3 is 5.11 Å². The van der Waals surface area contributed by atoms with Crippen molar-refractivity contribution in [2.45, 2.75) is 4.90 Å². The lowest BCUT2D eigenvalue weighted by molar-refractivity contribution is 0.0699. The normalized spacial score (nSPS) is 10.2. The van der Waals surface area contributed by atoms with Crippen molar-refractivity contribution in [3.05, 3.63) is 42.0 Å². The Bertz CT molecular complexity index is 563. The number of fused-ring (bicyclic) bond motifs is 1. The summed E-state index contributed by atoms with van der Waals surface area (Å²) in [5, 5.41) is 10.5. The van der Waals surface area contributed by atoms with E-state index in [4.69, 9.17) is 5.11 Å². The van der Waals surface area contributed by atoms with E-state index in [1.165, 1.54) is 6.07 Å². The van der Waals surface area contributed by atoms with Gasteiger partial charge in [-0.25, -0.2) is 4.79 Å². The van der Waals surface area contributed by atoms with E-state index in [0.29, 0.717) is 5.39 Å². The molecule has 0 aliphatic carbocycles. The molecule has 16 heavy (non-hydrogen) atoms. The van der Waals surface area contributed by atoms with Crippen LogP contribution in [-0.4, -0.2) is 16.7 Å². The first-order valence-corrected chi connectivity index (χ1v) is 5.47. The van der Waals surface area contributed by atoms with Crippen LogP contribution in [0.5, 0.6) is 0 Å². The number of thioether (sulfide) groups is 1. The highest BCUT2D eigenvalue weighted by molar-refractivity contribution is 8.12. The van der Waals surface area contributed by atoms with Crippen molar-refractivity contribution in [1.29, 1.82) is 0 Å². The monoisotopic (exact) mass is 232 g/mol. The van der Waals surface area contributed by atoms with Gasteiger partial charge in [0.15, 0.2) is 5.62 Å². The zero-order valence-electron chi connectivity index (χ0n) is 8.21. The van der Waals surface area contributed by atoms with Gasteiger partial charge >= 0.3 is 5.97 Å². The van der Waals surface area contributed by atoms with Crippen molar-refractivity contribution in [1.82, 2.24) is 0 Å². The van der Waals surface area contributed by atoms with Crippen LogP contribution in [0.15, 0.2) is 41.3 Å². The summed E-state index contributed by atoms with van der Waals surface area (Å²) in [4.78, 5) is 22.3. The molecule has 0 radical (unpaired) electrons. The third-order valence-corrected chi connectivity index (χ3v) is 3.00. The molecule has 0 bridgehead atoms. The number of hydrogen-bond donors (Lipinski definition) is 1. The van der Waals surface area contributed by atoms with Gasteiger partial charge in [0.2, 0.25) is 0 Å². The van der Waals surface area contributed by atoms with Gasteiger partial charge in [-0.05, 0) is 22.9 Å². The zero-order valence-corrected chi connectivity index (χ0v) is 9.03. The minimum Gasteiger partial charge on any atom is -0.478 e. The van der Waals surface area contributed by atoms with Gasteiger partial charge in [-0.3, -0.25) is 4.79 Å². The molecule has 2 aromatic rings. The van der Waals surface area contributed by atoms with Crippen LogP contribution >= 0.6 is 11.8 Å². The number of aromatic carboxylic acids is 1. The lowest BCUT2D eigenvalue weighted by Gasteiger charge is -2.05. The fraction of sp³-hybridized carbons (Fsp3) is 0. The lowest BCUT2D eigenvalue weighted by Crippen LogP contribution is -1.97. The number of carboxylic acids is 1. The summed E-state index contributed by atoms with van der Waals surface area (Å²) in [5.41, 5.74) is 0.994. The van der Waals surface area contributed by atoms with E-state index < -0.39 is 5.97 Å². The molecule has 0 saturated carbocycles. The van der Waals surface area contributed by atoms with Gasteiger partial charge in [-0.1, -0.05) is 36.0 Å². The first-order chi connectivity index (χ1) is 7.74. The van der Waals surface area contributed by atoms with Crippen LogP contribution in [0.4, 0.5) is 0 Å². The van der Waals surface area contributed by atoms with E-state index in [1.54, 1.807) is 18.2 Å². The average molecular weight is 232 g/mol. The highest BCUT2D eigenvalue weighted by Crippen LogP contribution is 2.28. The second-order valence-corrected chi connectivity index (χ2v) is 4.04. The first-order valence-electron chi connectivity index (χ1n) is 4.59. The molecule has 0 unspecified atom stereocenters. The predicted octanol–water partition coefficient (Wildman–Crippen LogP) is 2.82. The van der Waals surface area contributed by atoms with Crippen LogP contribution in [0.1, 0.15) is 10.4 Å². The maximum Gasteiger partial charge on any atom is 0.336 e. The smallest absolute Gasteiger partial charge is 0.336 e. The van der Waals surface area contributed by atoms with E-state index in [9.17, 15) is 9.59 Å². The standard InChI is InChI=1S/C12H8O3S/c13-7-16-11-6-5-10(12(14)15)8-3-1-2-4-9(8)11/h1-7H,(H,14,15). The van der Waals surface area contributed by atoms with Gasteiger partial charge in [0.05, 0.1) is 5.56 Å². The van der Waals surface area contributed by atoms with Crippen molar-refractivity contribution in [3.8, 4) is 0 Å². The Kier molecular flexibility index (Phi) is 2.92. The molecule has 2 rings (SSSR count). The van der Waals surface area contributed by atoms with Crippen LogP contribution in [-0.2, 0) is 4.79 Å². The molecule has 0 saturated heterocycles. The summed E-state index contributed by atoms with van der Waals surface area (Å²) in [6, 6.07) is 10.3. The topological polar surface area (TPSA) is 54.4 Å². The number of hydrogen-bond acceptors (Lipinski definition) is 3. The van der Waals surface area contributed by atoms with Crippen LogP contribution in [0.3, 0.4) is 0 Å². The Hall–Kier alpha value is -1.81. The van der Waals surface area contributed by atoms with E-state index in [0.717, 1.165) is 27.7 Å². The third-order valence-electron chi connectivity index (χ3n) is 2.29. The quantitative estimate of drug-likeness (QED) is 0.653. The van der Waals surface area contributed by atoms with Crippen molar-refractivity contribution >= 4 is 34.1 Å². The van der Waals surface area contributed by atoms with Crippen molar-refractivity contribution in [3.63, 3.8) is 0 Å². The summed E-state index contributed by atoms with van der Waals surface area (Å²) in [6.45, 7) is 0. The fourth-order valence-corrected chi connectivity index (χ4v) is 2.17. The fourth-order valence-electron chi connectivity index (χ4n) is 1.61. The Morgan fingerprint density at radius 3 is 2.44 bits per heavy atom. The molecule has 0 aliphatic rings. The second-order valence-electron chi connectivity index (χ2n) is 3.18. The van der Waals surface area contributed by atoms with E-state index >= 15 is 0 Å². The molecule has 0 atom stereocenters. The molecule has 0 heterocycles. The SMILES string of the molecule is O=CSc1ccc(C(=O)O)c2ccccc12. The third kappa shape index (κ3) is 1.79. The average Bonchev–Trinajstić information content (AvgIpc) is 2.29. The van der Waals surface area contributed by atoms with Crippen molar-refractivity contribution in [2.24, 2.45) is 0 Å². The number of rotatable bonds is 3. The Balaban J connectivity index is 2.76. The Morgan fingerprint density at radius 1 is 1.12 bits per heavy atom. The van der Waals surface area contributed by atoms with E-state index in [-0.39, 0.29) is 5.56 Å². The number of benzene rings is 2. The molecule has 4 heteroatoms. The summed E-state index contributed by atoms with van der Waals surface area (Å²) in [5.74, 6) is -0.959. The Labute approximate surface area is 96.1 Å². The molecular formula is C12H8O3S. The van der Waals surface area contributed by atoms with Gasteiger partial charge in [-0.2, -0.15) is 0 Å². The van der Waals surface area contributed by atoms with Crippen LogP contribution in [0, 0.1) is 0 Å². The molecule has 0 spiro atoms. The van der Waals surface area contributed by atoms with Gasteiger partial charge in [0, 0.05) is 4.90 Å². The minimum absolute atomic E-state index is 0.255. The number of carboxylic acid groups (broad SMARTS) is 1. The first kappa shape index (κ1) is 10.7. The molecule has 0 amide bonds. The molecule has 0 fully saturated rings. The number of carbonyl (C=O) groups is 2. The minimum atomic E-state index is -0.959. The van der Waals surface area contributed by atoms with Crippen LogP contribution < -0.4 is 0 Å². The molecule has 2 aromatic carbocycles. The highest BCUT2D eigenvalue weighted by Gasteiger charge is 2.10. The Morgan fingerprint density at radius 2 is 1.81 bits per heavy atom. The molecular weight excluding hydrogens is 224 g/mol. The zero-order chi connectivity index (χ0) is 11.5. The van der Waals surface area contributed by atoms with Crippen molar-refractivity contribution < 1.29 is 14.7 Å². The molecule has 0 aromatic heterocycles. The maximum absolute atomic E-state index is 11.0. The highest BCUT2D eigenvalue weighted by atomic mass is 32.2. The second kappa shape index (κ2) is 4.37. The summed E-state index contributed by atoms with van der Waals surface area (Å²) in [6.07, 6.45) is 0. The van der Waals surface area contributed by atoms with E-state index in [2.05, 4.69) is 0 Å². The van der Waals surface area contributed by atoms with E-state index in [1.807, 2.05) is 12.1 Å². The predicted molar refractivity (Wildman–Crippen MR) is 63.5 cm³/mol.